The van der Waals surface area contributed by atoms with E-state index >= 15 is 0 Å². The number of rotatable bonds is 14. The summed E-state index contributed by atoms with van der Waals surface area (Å²) in [6.45, 7) is 18.4. The predicted octanol–water partition coefficient (Wildman–Crippen LogP) is 28.5. The highest BCUT2D eigenvalue weighted by molar-refractivity contribution is 9.11. The first-order valence-corrected chi connectivity index (χ1v) is 58.1. The topological polar surface area (TPSA) is 376 Å². The summed E-state index contributed by atoms with van der Waals surface area (Å²) in [6, 6.07) is 23.5. The number of nitrogens with zero attached hydrogens (tertiary/aromatic N) is 17. The Bertz CT molecular complexity index is 6740. The van der Waals surface area contributed by atoms with Crippen molar-refractivity contribution in [2.24, 2.45) is 22.0 Å². The molecule has 3 spiro atoms. The molecule has 3 aliphatic heterocycles. The smallest absolute Gasteiger partial charge is 0.444 e. The van der Waals surface area contributed by atoms with Crippen molar-refractivity contribution in [3.63, 3.8) is 0 Å². The van der Waals surface area contributed by atoms with Crippen LogP contribution in [0.4, 0.5) is 27.3 Å². The number of benzene rings is 4. The van der Waals surface area contributed by atoms with Gasteiger partial charge in [0.1, 0.15) is 48.4 Å². The Kier molecular flexibility index (Phi) is 49.7. The number of ether oxygens (including phenoxy) is 4. The van der Waals surface area contributed by atoms with Crippen LogP contribution in [-0.4, -0.2) is 210 Å². The van der Waals surface area contributed by atoms with Crippen molar-refractivity contribution in [2.45, 2.75) is 211 Å². The first-order valence-electron chi connectivity index (χ1n) is 46.8. The van der Waals surface area contributed by atoms with E-state index in [0.29, 0.717) is 133 Å². The fourth-order valence-electron chi connectivity index (χ4n) is 18.5. The minimum atomic E-state index is -1.57. The number of nitrogen functional groups attached to an aromatic ring is 1. The number of amides is 2. The van der Waals surface area contributed by atoms with Crippen LogP contribution in [0.1, 0.15) is 160 Å². The van der Waals surface area contributed by atoms with E-state index < -0.39 is 18.3 Å². The Morgan fingerprint density at radius 2 is 0.860 bits per heavy atom. The van der Waals surface area contributed by atoms with Crippen LogP contribution >= 0.6 is 234 Å². The number of alkyl halides is 1. The molecule has 19 rings (SSSR count). The molecule has 0 unspecified atom stereocenters. The summed E-state index contributed by atoms with van der Waals surface area (Å²) in [5, 5.41) is 42.5. The lowest BCUT2D eigenvalue weighted by Gasteiger charge is -2.43. The van der Waals surface area contributed by atoms with Crippen LogP contribution in [-0.2, 0) is 18.9 Å². The Labute approximate surface area is 979 Å². The quantitative estimate of drug-likeness (QED) is 0.0133. The van der Waals surface area contributed by atoms with E-state index in [0.717, 1.165) is 151 Å². The number of imidazole rings is 4. The molecule has 30 nitrogen and oxygen atoms in total. The molecular formula is C100H121BBr3Cl13N22O8S3. The second-order valence-electron chi connectivity index (χ2n) is 36.9. The van der Waals surface area contributed by atoms with Crippen LogP contribution in [0.15, 0.2) is 147 Å². The number of hydrogen-bond acceptors (Lipinski definition) is 27. The molecule has 50 heteroatoms. The Hall–Kier alpha value is -6.05. The molecule has 2 amide bonds. The molecule has 6 aliphatic rings. The molecule has 9 N–H and O–H groups in total. The highest BCUT2D eigenvalue weighted by atomic mass is 79.9. The summed E-state index contributed by atoms with van der Waals surface area (Å²) in [4.78, 5) is 72.6. The number of nitrogens with two attached hydrogens (primary N) is 2. The molecule has 150 heavy (non-hydrogen) atoms. The van der Waals surface area contributed by atoms with Gasteiger partial charge in [0, 0.05) is 137 Å². The summed E-state index contributed by atoms with van der Waals surface area (Å²) < 4.78 is 29.5. The number of fused-ring (bicyclic) bond motifs is 4. The number of thioether (sulfide) groups is 3. The van der Waals surface area contributed by atoms with E-state index in [1.54, 1.807) is 75.4 Å². The van der Waals surface area contributed by atoms with Crippen molar-refractivity contribution in [3.8, 4) is 39.4 Å². The number of piperidine rings is 3. The maximum Gasteiger partial charge on any atom is 0.490 e. The zero-order valence-corrected chi connectivity index (χ0v) is 99.9. The van der Waals surface area contributed by atoms with E-state index in [-0.39, 0.29) is 55.3 Å². The molecule has 3 saturated carbocycles. The molecule has 12 heterocycles. The third-order valence-electron chi connectivity index (χ3n) is 25.7. The summed E-state index contributed by atoms with van der Waals surface area (Å²) in [5.74, 6) is 1.93. The average Bonchev–Trinajstić information content (AvgIpc) is 1.56. The lowest BCUT2D eigenvalue weighted by atomic mass is 9.74. The number of carbonyl (C=O) groups excluding carboxylic acids is 2. The largest absolute Gasteiger partial charge is 0.490 e. The van der Waals surface area contributed by atoms with Crippen LogP contribution in [0.5, 0.6) is 0 Å². The van der Waals surface area contributed by atoms with Gasteiger partial charge in [-0.2, -0.15) is 5.26 Å². The highest BCUT2D eigenvalue weighted by Crippen LogP contribution is 2.52. The number of halogens is 16. The molecule has 0 radical (unpaired) electrons. The average molecular weight is 2570 g/mol. The van der Waals surface area contributed by atoms with E-state index in [1.807, 2.05) is 139 Å². The second-order valence-corrected chi connectivity index (χ2v) is 46.4. The second kappa shape index (κ2) is 58.5. The van der Waals surface area contributed by atoms with Gasteiger partial charge in [-0.1, -0.05) is 285 Å². The standard InChI is InChI=1S/C26H30Cl3N5O2.C21H22Cl3N5.C14H26N2O2.C13H8Cl3N3S.C7H5BrClN3S.C6H5BCl2O2.C5H5BrClN3S.C4H9BrO2.C2H3N.2CH4/c1-25(2,3)36-24(35)31-18-8-5-9-26(18)10-13-33(14-11-26)23-32-21(29)19(22-30-12-15-34(22)23)16-6-4-7-17(27)20(16)28;22-14-4-1-3-13(17(14)23)16-18(24)27-20(29-12-9-26-19(16)29)28-10-7-21(8-11-28)6-2-5-15(21)25;1-13(2,3)18-12(17)16-11-5-4-6-14(11)7-9-15-10-8-14;1-20-13-18-11(16)9(12-17-5-6-19(12)13)7-3-2-4-8(14)10(7)15;1-13-7-11-5(9)4(8)6-10-2-3-12(6)7;8-5-3-1-2-4(6(5)9)7(10)11;1-11-5-9-3(7)2(6)4(8)10-5;1-6-4(3-5)7-2;1-2-3;;/h4,6-7,12,15,18H,5,8-11,13-14H2,1-3H3,(H,31,35);1,3-4,9,12,15H,2,5-8,10-11,25H2;11,15H,4-10H2,1-3H3,(H,16,17);2-6H,1H3;2-3H,1H3;1-3,10-11H;1H3,(H2,8,9,10);4H,3H2,1-2H3;1H3;2*1H4/t18-;15-;11-;;;;;;;;/m111......../s1. The van der Waals surface area contributed by atoms with Gasteiger partial charge in [0.15, 0.2) is 38.7 Å². The van der Waals surface area contributed by atoms with Crippen molar-refractivity contribution in [1.29, 1.82) is 5.26 Å². The van der Waals surface area contributed by atoms with Crippen molar-refractivity contribution < 1.29 is 38.6 Å². The van der Waals surface area contributed by atoms with Gasteiger partial charge in [-0.3, -0.25) is 17.6 Å². The monoisotopic (exact) mass is 2560 g/mol. The number of nitrogens with one attached hydrogen (secondary N) is 3. The van der Waals surface area contributed by atoms with Crippen molar-refractivity contribution >= 4 is 299 Å². The SMILES string of the molecule is C.C.CC#N.CC(C)(C)OC(=O)N[C@@H]1CCCC12CCN(c1nc(Cl)c(-c3cccc(Cl)c3Cl)c3nccn13)CC2.CC(C)(C)OC(=O)N[C@@H]1CCCC12CCNCC2.COC(CBr)OC.CSc1nc(Cl)c(-c2cccc(Cl)c2Cl)c2nccn12.CSc1nc(Cl)c(Br)c2nccn12.CSc1nc(N)c(Br)c(Cl)n1.N[C@@H]1CCCC12CCN(c1nc(Cl)c(-c3cccc(Cl)c3Cl)c3nccn13)CC2.OB(O)c1cccc(Cl)c1Cl. The van der Waals surface area contributed by atoms with Gasteiger partial charge in [0.05, 0.1) is 77.2 Å². The van der Waals surface area contributed by atoms with Gasteiger partial charge in [-0.05, 0) is 223 Å². The minimum absolute atomic E-state index is 0. The number of hydrogen-bond donors (Lipinski definition) is 7. The first kappa shape index (κ1) is 127. The molecular weight excluding hydrogens is 2440 g/mol. The number of methoxy groups -OCH3 is 2. The molecule has 3 aliphatic carbocycles. The number of nitriles is 1. The van der Waals surface area contributed by atoms with Gasteiger partial charge in [-0.15, -0.1) is 0 Å². The predicted molar refractivity (Wildman–Crippen MR) is 631 cm³/mol. The van der Waals surface area contributed by atoms with E-state index in [1.165, 1.54) is 86.8 Å². The maximum atomic E-state index is 12.5. The number of carbonyl (C=O) groups is 2. The van der Waals surface area contributed by atoms with Crippen LogP contribution in [0, 0.1) is 27.6 Å². The summed E-state index contributed by atoms with van der Waals surface area (Å²) in [5.41, 5.74) is 19.0. The molecule has 6 fully saturated rings. The van der Waals surface area contributed by atoms with Crippen molar-refractivity contribution in [3.05, 3.63) is 197 Å². The van der Waals surface area contributed by atoms with Gasteiger partial charge in [0.2, 0.25) is 11.9 Å². The molecule has 3 atom stereocenters. The van der Waals surface area contributed by atoms with Crippen LogP contribution in [0.2, 0.25) is 65.9 Å². The molecule has 0 bridgehead atoms. The molecule has 4 aromatic carbocycles. The van der Waals surface area contributed by atoms with Crippen LogP contribution < -0.4 is 42.7 Å². The Morgan fingerprint density at radius 1 is 0.507 bits per heavy atom. The lowest BCUT2D eigenvalue weighted by molar-refractivity contribution is -0.0834. The summed E-state index contributed by atoms with van der Waals surface area (Å²) in [6.07, 6.45) is 36.3. The fraction of sp³-hybridized carbons (Fsp3) is 0.450. The van der Waals surface area contributed by atoms with Gasteiger partial charge in [-0.25, -0.2) is 59.4 Å². The zero-order chi connectivity index (χ0) is 108. The maximum absolute atomic E-state index is 12.5. The number of alkyl carbamates (subject to hydrolysis) is 2. The molecule has 13 aromatic rings. The Balaban J connectivity index is 0.000000198. The summed E-state index contributed by atoms with van der Waals surface area (Å²) >= 11 is 94.5. The van der Waals surface area contributed by atoms with Crippen LogP contribution in [0.3, 0.4) is 0 Å². The third-order valence-corrected chi connectivity index (χ3v) is 34.7. The van der Waals surface area contributed by atoms with Crippen LogP contribution in [0.25, 0.3) is 56.0 Å². The summed E-state index contributed by atoms with van der Waals surface area (Å²) in [7, 11) is 1.64. The van der Waals surface area contributed by atoms with Gasteiger partial charge in [0.25, 0.3) is 0 Å². The van der Waals surface area contributed by atoms with E-state index in [9.17, 15) is 9.59 Å². The third kappa shape index (κ3) is 32.0. The zero-order valence-electron chi connectivity index (χ0n) is 82.9. The van der Waals surface area contributed by atoms with E-state index in [2.05, 4.69) is 113 Å². The highest BCUT2D eigenvalue weighted by Gasteiger charge is 2.48. The number of anilines is 3. The van der Waals surface area contributed by atoms with Gasteiger partial charge < -0.3 is 66.2 Å². The fourth-order valence-corrected chi connectivity index (χ4v) is 23.9. The van der Waals surface area contributed by atoms with Gasteiger partial charge >= 0.3 is 19.3 Å². The Morgan fingerprint density at radius 3 is 1.23 bits per heavy atom. The number of aromatic nitrogens is 14. The van der Waals surface area contributed by atoms with Crippen molar-refractivity contribution in [1.82, 2.24) is 83.4 Å². The minimum Gasteiger partial charge on any atom is -0.444 e. The van der Waals surface area contributed by atoms with E-state index in [4.69, 9.17) is 207 Å². The van der Waals surface area contributed by atoms with Crippen molar-refractivity contribution in [2.75, 3.05) is 93.1 Å². The molecule has 3 saturated heterocycles. The molecule has 9 aromatic heterocycles. The normalized spacial score (nSPS) is 16.6. The first-order chi connectivity index (χ1) is 70.4. The lowest BCUT2D eigenvalue weighted by Crippen LogP contribution is -2.51. The molecule has 812 valence electrons.